The first-order valence-corrected chi connectivity index (χ1v) is 8.96. The highest BCUT2D eigenvalue weighted by Crippen LogP contribution is 2.29. The zero-order chi connectivity index (χ0) is 18.1. The maximum Gasteiger partial charge on any atom is 0.230 e. The Bertz CT molecular complexity index is 932. The van der Waals surface area contributed by atoms with Crippen molar-refractivity contribution in [2.45, 2.75) is 25.8 Å². The zero-order valence-corrected chi connectivity index (χ0v) is 15.1. The first-order chi connectivity index (χ1) is 12.6. The van der Waals surface area contributed by atoms with E-state index in [4.69, 9.17) is 0 Å². The van der Waals surface area contributed by atoms with Gasteiger partial charge in [0.05, 0.1) is 12.5 Å². The summed E-state index contributed by atoms with van der Waals surface area (Å²) in [6.45, 7) is 2.85. The van der Waals surface area contributed by atoms with Gasteiger partial charge >= 0.3 is 0 Å². The Hall–Kier alpha value is -2.95. The third kappa shape index (κ3) is 2.90. The van der Waals surface area contributed by atoms with Crippen molar-refractivity contribution in [2.75, 3.05) is 6.54 Å². The van der Waals surface area contributed by atoms with E-state index in [1.807, 2.05) is 52.9 Å². The summed E-state index contributed by atoms with van der Waals surface area (Å²) >= 11 is 0. The molecule has 0 radical (unpaired) electrons. The van der Waals surface area contributed by atoms with E-state index in [9.17, 15) is 4.79 Å². The molecule has 0 N–H and O–H groups in total. The summed E-state index contributed by atoms with van der Waals surface area (Å²) in [6.07, 6.45) is 1.17. The number of hydrogen-bond acceptors (Lipinski definition) is 3. The van der Waals surface area contributed by atoms with Gasteiger partial charge in [-0.2, -0.15) is 0 Å². The van der Waals surface area contributed by atoms with Crippen molar-refractivity contribution in [3.05, 3.63) is 71.5 Å². The van der Waals surface area contributed by atoms with Crippen molar-refractivity contribution in [1.29, 1.82) is 0 Å². The van der Waals surface area contributed by atoms with Crippen molar-refractivity contribution < 1.29 is 4.79 Å². The lowest BCUT2D eigenvalue weighted by Crippen LogP contribution is -2.40. The number of carbonyl (C=O) groups is 1. The van der Waals surface area contributed by atoms with E-state index in [0.29, 0.717) is 5.82 Å². The number of nitrogens with zero attached hydrogens (tertiary/aromatic N) is 4. The quantitative estimate of drug-likeness (QED) is 0.732. The molecule has 1 aliphatic rings. The Morgan fingerprint density at radius 1 is 1.08 bits per heavy atom. The Balaban J connectivity index is 1.54. The van der Waals surface area contributed by atoms with Crippen molar-refractivity contribution in [2.24, 2.45) is 7.05 Å². The molecule has 2 aromatic carbocycles. The van der Waals surface area contributed by atoms with Gasteiger partial charge in [-0.05, 0) is 24.5 Å². The molecule has 4 rings (SSSR count). The molecule has 0 bridgehead atoms. The molecule has 0 aliphatic carbocycles. The van der Waals surface area contributed by atoms with Gasteiger partial charge in [0.25, 0.3) is 0 Å². The predicted molar refractivity (Wildman–Crippen MR) is 100 cm³/mol. The minimum absolute atomic E-state index is 0.0919. The topological polar surface area (TPSA) is 51.0 Å². The van der Waals surface area contributed by atoms with E-state index in [1.54, 1.807) is 0 Å². The maximum atomic E-state index is 12.9. The average Bonchev–Trinajstić information content (AvgIpc) is 3.03. The SMILES string of the molecule is C[C@H]1c2ccccc2CCN1C(=O)Cc1nnc(-c2ccccc2)n1C. The van der Waals surface area contributed by atoms with Gasteiger partial charge in [-0.15, -0.1) is 10.2 Å². The van der Waals surface area contributed by atoms with Crippen LogP contribution in [-0.2, 0) is 24.7 Å². The molecule has 1 aromatic heterocycles. The summed E-state index contributed by atoms with van der Waals surface area (Å²) in [5.74, 6) is 1.58. The van der Waals surface area contributed by atoms with Gasteiger partial charge in [-0.1, -0.05) is 54.6 Å². The lowest BCUT2D eigenvalue weighted by molar-refractivity contribution is -0.133. The lowest BCUT2D eigenvalue weighted by atomic mass is 9.93. The van der Waals surface area contributed by atoms with Crippen LogP contribution in [0.4, 0.5) is 0 Å². The second-order valence-corrected chi connectivity index (χ2v) is 6.75. The van der Waals surface area contributed by atoms with Gasteiger partial charge < -0.3 is 9.47 Å². The molecule has 5 nitrogen and oxygen atoms in total. The fourth-order valence-electron chi connectivity index (χ4n) is 3.70. The molecule has 0 spiro atoms. The highest BCUT2D eigenvalue weighted by Gasteiger charge is 2.28. The van der Waals surface area contributed by atoms with E-state index < -0.39 is 0 Å². The molecule has 1 atom stereocenters. The van der Waals surface area contributed by atoms with Crippen LogP contribution in [0, 0.1) is 0 Å². The van der Waals surface area contributed by atoms with Gasteiger partial charge in [0.15, 0.2) is 5.82 Å². The van der Waals surface area contributed by atoms with Crippen LogP contribution in [0.25, 0.3) is 11.4 Å². The van der Waals surface area contributed by atoms with Crippen LogP contribution >= 0.6 is 0 Å². The molecule has 3 aromatic rings. The van der Waals surface area contributed by atoms with Crippen molar-refractivity contribution in [3.63, 3.8) is 0 Å². The first-order valence-electron chi connectivity index (χ1n) is 8.96. The minimum Gasteiger partial charge on any atom is -0.335 e. The third-order valence-corrected chi connectivity index (χ3v) is 5.22. The molecule has 2 heterocycles. The summed E-state index contributed by atoms with van der Waals surface area (Å²) in [6, 6.07) is 18.4. The van der Waals surface area contributed by atoms with E-state index in [2.05, 4.69) is 35.3 Å². The van der Waals surface area contributed by atoms with E-state index >= 15 is 0 Å². The molecule has 0 saturated heterocycles. The third-order valence-electron chi connectivity index (χ3n) is 5.22. The van der Waals surface area contributed by atoms with Crippen LogP contribution in [0.2, 0.25) is 0 Å². The standard InChI is InChI=1S/C21H22N4O/c1-15-18-11-7-6-8-16(18)12-13-25(15)20(26)14-19-22-23-21(24(19)2)17-9-4-3-5-10-17/h3-11,15H,12-14H2,1-2H3/t15-/m0/s1. The summed E-state index contributed by atoms with van der Waals surface area (Å²) in [7, 11) is 1.92. The normalized spacial score (nSPS) is 16.4. The van der Waals surface area contributed by atoms with Crippen LogP contribution in [0.15, 0.2) is 54.6 Å². The Kier molecular flexibility index (Phi) is 4.29. The van der Waals surface area contributed by atoms with Crippen LogP contribution in [-0.4, -0.2) is 32.1 Å². The Morgan fingerprint density at radius 2 is 1.81 bits per heavy atom. The summed E-state index contributed by atoms with van der Waals surface area (Å²) in [5, 5.41) is 8.54. The number of aromatic nitrogens is 3. The second kappa shape index (κ2) is 6.75. The summed E-state index contributed by atoms with van der Waals surface area (Å²) in [5.41, 5.74) is 3.59. The molecular weight excluding hydrogens is 324 g/mol. The van der Waals surface area contributed by atoms with Gasteiger partial charge in [0, 0.05) is 19.2 Å². The van der Waals surface area contributed by atoms with E-state index in [-0.39, 0.29) is 18.4 Å². The number of amides is 1. The van der Waals surface area contributed by atoms with Crippen molar-refractivity contribution in [1.82, 2.24) is 19.7 Å². The lowest BCUT2D eigenvalue weighted by Gasteiger charge is -2.35. The van der Waals surface area contributed by atoms with Gasteiger partial charge in [-0.25, -0.2) is 0 Å². The molecule has 5 heteroatoms. The van der Waals surface area contributed by atoms with Crippen LogP contribution < -0.4 is 0 Å². The van der Waals surface area contributed by atoms with Gasteiger partial charge in [0.2, 0.25) is 5.91 Å². The summed E-state index contributed by atoms with van der Waals surface area (Å²) in [4.78, 5) is 14.9. The van der Waals surface area contributed by atoms with Gasteiger partial charge in [-0.3, -0.25) is 4.79 Å². The fraction of sp³-hybridized carbons (Fsp3) is 0.286. The monoisotopic (exact) mass is 346 g/mol. The number of benzene rings is 2. The molecule has 0 fully saturated rings. The second-order valence-electron chi connectivity index (χ2n) is 6.75. The van der Waals surface area contributed by atoms with Crippen LogP contribution in [0.5, 0.6) is 0 Å². The van der Waals surface area contributed by atoms with Crippen LogP contribution in [0.3, 0.4) is 0 Å². The fourth-order valence-corrected chi connectivity index (χ4v) is 3.70. The van der Waals surface area contributed by atoms with Crippen molar-refractivity contribution in [3.8, 4) is 11.4 Å². The smallest absolute Gasteiger partial charge is 0.230 e. The number of fused-ring (bicyclic) bond motifs is 1. The number of rotatable bonds is 3. The molecule has 1 amide bonds. The minimum atomic E-state index is 0.0919. The molecule has 132 valence electrons. The largest absolute Gasteiger partial charge is 0.335 e. The Morgan fingerprint density at radius 3 is 2.62 bits per heavy atom. The van der Waals surface area contributed by atoms with Crippen LogP contribution in [0.1, 0.15) is 29.9 Å². The zero-order valence-electron chi connectivity index (χ0n) is 15.1. The average molecular weight is 346 g/mol. The molecule has 1 aliphatic heterocycles. The molecular formula is C21H22N4O. The maximum absolute atomic E-state index is 12.9. The number of carbonyl (C=O) groups excluding carboxylic acids is 1. The van der Waals surface area contributed by atoms with Gasteiger partial charge in [0.1, 0.15) is 5.82 Å². The first kappa shape index (κ1) is 16.5. The Labute approximate surface area is 153 Å². The highest BCUT2D eigenvalue weighted by atomic mass is 16.2. The highest BCUT2D eigenvalue weighted by molar-refractivity contribution is 5.79. The van der Waals surface area contributed by atoms with E-state index in [1.165, 1.54) is 11.1 Å². The molecule has 26 heavy (non-hydrogen) atoms. The number of hydrogen-bond donors (Lipinski definition) is 0. The van der Waals surface area contributed by atoms with E-state index in [0.717, 1.165) is 24.4 Å². The summed E-state index contributed by atoms with van der Waals surface area (Å²) < 4.78 is 1.91. The molecule has 0 unspecified atom stereocenters. The molecule has 0 saturated carbocycles. The van der Waals surface area contributed by atoms with Crippen molar-refractivity contribution >= 4 is 5.91 Å². The predicted octanol–water partition coefficient (Wildman–Crippen LogP) is 3.17.